The van der Waals surface area contributed by atoms with E-state index >= 15 is 0 Å². The molecular weight excluding hydrogens is 394 g/mol. The summed E-state index contributed by atoms with van der Waals surface area (Å²) in [6.07, 6.45) is 5.37. The Kier molecular flexibility index (Phi) is 6.62. The van der Waals surface area contributed by atoms with Crippen LogP contribution in [-0.4, -0.2) is 46.9 Å². The van der Waals surface area contributed by atoms with Crippen LogP contribution in [0.15, 0.2) is 34.3 Å². The minimum Gasteiger partial charge on any atom is -0.351 e. The van der Waals surface area contributed by atoms with Crippen LogP contribution in [-0.2, 0) is 17.1 Å². The van der Waals surface area contributed by atoms with Gasteiger partial charge in [0.1, 0.15) is 4.90 Å². The zero-order valence-corrected chi connectivity index (χ0v) is 18.3. The average Bonchev–Trinajstić information content (AvgIpc) is 2.90. The number of aromatic nitrogens is 2. The number of ketones is 1. The fraction of sp³-hybridized carbons (Fsp3) is 0.500. The highest BCUT2D eigenvalue weighted by atomic mass is 32.2. The predicted octanol–water partition coefficient (Wildman–Crippen LogP) is 3.58. The normalized spacial score (nSPS) is 16.1. The molecule has 3 rings (SSSR count). The summed E-state index contributed by atoms with van der Waals surface area (Å²) in [7, 11) is -1.55. The number of thioether (sulfide) groups is 1. The second-order valence-corrected chi connectivity index (χ2v) is 10.1. The molecule has 0 amide bonds. The fourth-order valence-corrected chi connectivity index (χ4v) is 5.58. The molecular formula is C20H27N3O3S2. The Hall–Kier alpha value is -1.64. The summed E-state index contributed by atoms with van der Waals surface area (Å²) < 4.78 is 29.2. The molecule has 0 radical (unpaired) electrons. The summed E-state index contributed by atoms with van der Waals surface area (Å²) in [6.45, 7) is 5.06. The van der Waals surface area contributed by atoms with Crippen LogP contribution in [0.5, 0.6) is 0 Å². The van der Waals surface area contributed by atoms with E-state index < -0.39 is 10.0 Å². The first kappa shape index (κ1) is 21.1. The van der Waals surface area contributed by atoms with E-state index in [2.05, 4.69) is 4.98 Å². The highest BCUT2D eigenvalue weighted by molar-refractivity contribution is 7.99. The maximum Gasteiger partial charge on any atom is 0.244 e. The number of hydrogen-bond acceptors (Lipinski definition) is 5. The van der Waals surface area contributed by atoms with Crippen LogP contribution >= 0.6 is 11.8 Å². The monoisotopic (exact) mass is 421 g/mol. The maximum absolute atomic E-state index is 12.8. The molecule has 0 unspecified atom stereocenters. The average molecular weight is 422 g/mol. The van der Waals surface area contributed by atoms with Crippen LogP contribution in [0.1, 0.15) is 47.4 Å². The van der Waals surface area contributed by atoms with Crippen molar-refractivity contribution in [1.82, 2.24) is 13.9 Å². The van der Waals surface area contributed by atoms with Crippen LogP contribution in [0.2, 0.25) is 0 Å². The van der Waals surface area contributed by atoms with Crippen LogP contribution in [0.4, 0.5) is 0 Å². The molecule has 0 N–H and O–H groups in total. The number of sulfonamides is 1. The van der Waals surface area contributed by atoms with E-state index in [4.69, 9.17) is 0 Å². The summed E-state index contributed by atoms with van der Waals surface area (Å²) in [4.78, 5) is 17.0. The molecule has 0 saturated carbocycles. The lowest BCUT2D eigenvalue weighted by molar-refractivity contribution is 0.102. The van der Waals surface area contributed by atoms with E-state index in [1.54, 1.807) is 16.4 Å². The van der Waals surface area contributed by atoms with Crippen molar-refractivity contribution in [3.63, 3.8) is 0 Å². The molecule has 0 aromatic carbocycles. The largest absolute Gasteiger partial charge is 0.351 e. The smallest absolute Gasteiger partial charge is 0.244 e. The maximum atomic E-state index is 12.8. The Morgan fingerprint density at radius 2 is 1.82 bits per heavy atom. The second-order valence-electron chi connectivity index (χ2n) is 7.21. The Morgan fingerprint density at radius 3 is 2.36 bits per heavy atom. The Bertz CT molecular complexity index is 942. The summed E-state index contributed by atoms with van der Waals surface area (Å²) in [5.74, 6) is 0.324. The highest BCUT2D eigenvalue weighted by Gasteiger charge is 2.25. The summed E-state index contributed by atoms with van der Waals surface area (Å²) in [6, 6.07) is 5.19. The molecule has 0 bridgehead atoms. The van der Waals surface area contributed by atoms with E-state index in [-0.39, 0.29) is 16.4 Å². The van der Waals surface area contributed by atoms with Crippen molar-refractivity contribution in [2.24, 2.45) is 7.05 Å². The van der Waals surface area contributed by atoms with Crippen molar-refractivity contribution >= 4 is 27.6 Å². The lowest BCUT2D eigenvalue weighted by atomic mass is 10.2. The first-order valence-corrected chi connectivity index (χ1v) is 12.0. The lowest BCUT2D eigenvalue weighted by Gasteiger charge is -2.19. The summed E-state index contributed by atoms with van der Waals surface area (Å²) in [5.41, 5.74) is 2.73. The molecule has 2 aromatic rings. The molecule has 6 nitrogen and oxygen atoms in total. The van der Waals surface area contributed by atoms with Gasteiger partial charge >= 0.3 is 0 Å². The molecule has 28 heavy (non-hydrogen) atoms. The minimum absolute atomic E-state index is 0.0502. The van der Waals surface area contributed by atoms with Gasteiger partial charge in [-0.05, 0) is 44.9 Å². The minimum atomic E-state index is -3.49. The van der Waals surface area contributed by atoms with Crippen molar-refractivity contribution in [3.05, 3.63) is 41.3 Å². The number of Topliss-reactive ketones (excluding diaryl/α,β-unsaturated/α-hetero) is 1. The van der Waals surface area contributed by atoms with Gasteiger partial charge in [0.15, 0.2) is 5.78 Å². The lowest BCUT2D eigenvalue weighted by Crippen LogP contribution is -2.32. The molecule has 0 aliphatic carbocycles. The van der Waals surface area contributed by atoms with Gasteiger partial charge in [-0.2, -0.15) is 4.31 Å². The third kappa shape index (κ3) is 4.50. The molecule has 0 atom stereocenters. The molecule has 1 aliphatic rings. The van der Waals surface area contributed by atoms with Crippen molar-refractivity contribution in [1.29, 1.82) is 0 Å². The molecule has 1 saturated heterocycles. The molecule has 1 fully saturated rings. The van der Waals surface area contributed by atoms with Gasteiger partial charge in [-0.3, -0.25) is 4.79 Å². The third-order valence-electron chi connectivity index (χ3n) is 5.34. The standard InChI is InChI=1S/C20H27N3O3S2/c1-15-12-18(16(2)22(15)3)19(24)14-27-20-9-8-17(13-21-20)28(25,26)23-10-6-4-5-7-11-23/h8-9,12-13H,4-7,10-11,14H2,1-3H3. The number of pyridine rings is 1. The highest BCUT2D eigenvalue weighted by Crippen LogP contribution is 2.23. The molecule has 8 heteroatoms. The second kappa shape index (κ2) is 8.80. The summed E-state index contributed by atoms with van der Waals surface area (Å²) in [5, 5.41) is 0.647. The van der Waals surface area contributed by atoms with E-state index in [1.165, 1.54) is 18.0 Å². The van der Waals surface area contributed by atoms with Gasteiger partial charge in [-0.15, -0.1) is 0 Å². The molecule has 152 valence electrons. The zero-order chi connectivity index (χ0) is 20.3. The Morgan fingerprint density at radius 1 is 1.14 bits per heavy atom. The molecule has 1 aliphatic heterocycles. The van der Waals surface area contributed by atoms with Gasteiger partial charge < -0.3 is 4.57 Å². The van der Waals surface area contributed by atoms with Gasteiger partial charge in [0.2, 0.25) is 10.0 Å². The first-order valence-electron chi connectivity index (χ1n) is 9.56. The quantitative estimate of drug-likeness (QED) is 0.527. The van der Waals surface area contributed by atoms with E-state index in [0.29, 0.717) is 18.1 Å². The topological polar surface area (TPSA) is 72.3 Å². The number of carbonyl (C=O) groups is 1. The van der Waals surface area contributed by atoms with Crippen LogP contribution in [0.3, 0.4) is 0 Å². The molecule has 0 spiro atoms. The van der Waals surface area contributed by atoms with Crippen molar-refractivity contribution < 1.29 is 13.2 Å². The van der Waals surface area contributed by atoms with E-state index in [1.807, 2.05) is 31.5 Å². The van der Waals surface area contributed by atoms with Crippen molar-refractivity contribution in [2.75, 3.05) is 18.8 Å². The van der Waals surface area contributed by atoms with Crippen LogP contribution in [0, 0.1) is 13.8 Å². The molecule has 2 aromatic heterocycles. The first-order chi connectivity index (χ1) is 13.3. The van der Waals surface area contributed by atoms with Crippen molar-refractivity contribution in [2.45, 2.75) is 49.5 Å². The number of hydrogen-bond donors (Lipinski definition) is 0. The number of rotatable bonds is 6. The van der Waals surface area contributed by atoms with Gasteiger partial charge in [0.25, 0.3) is 0 Å². The number of aryl methyl sites for hydroxylation is 1. The van der Waals surface area contributed by atoms with E-state index in [9.17, 15) is 13.2 Å². The third-order valence-corrected chi connectivity index (χ3v) is 8.16. The zero-order valence-electron chi connectivity index (χ0n) is 16.6. The van der Waals surface area contributed by atoms with Gasteiger partial charge in [-0.1, -0.05) is 24.6 Å². The molecule has 3 heterocycles. The van der Waals surface area contributed by atoms with Gasteiger partial charge in [0.05, 0.1) is 10.8 Å². The van der Waals surface area contributed by atoms with Gasteiger partial charge in [0, 0.05) is 43.3 Å². The summed E-state index contributed by atoms with van der Waals surface area (Å²) >= 11 is 1.33. The number of nitrogens with zero attached hydrogens (tertiary/aromatic N) is 3. The van der Waals surface area contributed by atoms with Crippen LogP contribution < -0.4 is 0 Å². The predicted molar refractivity (Wildman–Crippen MR) is 111 cm³/mol. The van der Waals surface area contributed by atoms with E-state index in [0.717, 1.165) is 42.6 Å². The Balaban J connectivity index is 1.65. The van der Waals surface area contributed by atoms with Gasteiger partial charge in [-0.25, -0.2) is 13.4 Å². The Labute approximate surface area is 171 Å². The van der Waals surface area contributed by atoms with Crippen molar-refractivity contribution in [3.8, 4) is 0 Å². The SMILES string of the molecule is Cc1cc(C(=O)CSc2ccc(S(=O)(=O)N3CCCCCC3)cn2)c(C)n1C. The van der Waals surface area contributed by atoms with Crippen LogP contribution in [0.25, 0.3) is 0 Å². The number of carbonyl (C=O) groups excluding carboxylic acids is 1. The fourth-order valence-electron chi connectivity index (χ4n) is 3.39.